The van der Waals surface area contributed by atoms with E-state index in [0.717, 1.165) is 42.1 Å². The highest BCUT2D eigenvalue weighted by Crippen LogP contribution is 2.41. The van der Waals surface area contributed by atoms with Crippen molar-refractivity contribution in [1.29, 1.82) is 0 Å². The van der Waals surface area contributed by atoms with E-state index in [1.807, 2.05) is 30.0 Å². The third-order valence-electron chi connectivity index (χ3n) is 5.23. The minimum atomic E-state index is -0.0187. The number of rotatable bonds is 3. The number of carbonyl (C=O) groups excluding carboxylic acids is 1. The molecule has 0 aromatic heterocycles. The van der Waals surface area contributed by atoms with Crippen LogP contribution in [0.1, 0.15) is 30.9 Å². The summed E-state index contributed by atoms with van der Waals surface area (Å²) in [6.07, 6.45) is 3.68. The lowest BCUT2D eigenvalue weighted by molar-refractivity contribution is 0.181. The summed E-state index contributed by atoms with van der Waals surface area (Å²) in [4.78, 5) is 22.5. The van der Waals surface area contributed by atoms with E-state index in [1.54, 1.807) is 7.05 Å². The van der Waals surface area contributed by atoms with Gasteiger partial charge in [-0.05, 0) is 49.3 Å². The summed E-state index contributed by atoms with van der Waals surface area (Å²) < 4.78 is 0. The molecule has 1 saturated heterocycles. The van der Waals surface area contributed by atoms with Gasteiger partial charge < -0.3 is 16.0 Å². The van der Waals surface area contributed by atoms with Gasteiger partial charge in [-0.2, -0.15) is 0 Å². The van der Waals surface area contributed by atoms with Crippen LogP contribution in [0.4, 0.5) is 10.5 Å². The summed E-state index contributed by atoms with van der Waals surface area (Å²) in [5.74, 6) is 1.79. The van der Waals surface area contributed by atoms with Crippen molar-refractivity contribution >= 4 is 23.9 Å². The fraction of sp³-hybridized carbons (Fsp3) is 0.500. The second-order valence-corrected chi connectivity index (χ2v) is 6.86. The van der Waals surface area contributed by atoms with Gasteiger partial charge in [0.2, 0.25) is 0 Å². The molecule has 1 aromatic carbocycles. The Morgan fingerprint density at radius 2 is 2.21 bits per heavy atom. The topological polar surface area (TPSA) is 83.1 Å². The van der Waals surface area contributed by atoms with Crippen molar-refractivity contribution in [2.24, 2.45) is 27.6 Å². The number of carbonyl (C=O) groups is 1. The number of amidine groups is 1. The van der Waals surface area contributed by atoms with Gasteiger partial charge in [-0.1, -0.05) is 13.0 Å². The zero-order valence-electron chi connectivity index (χ0n) is 14.5. The number of nitrogens with two attached hydrogens (primary N) is 1. The minimum Gasteiger partial charge on any atom is -0.383 e. The van der Waals surface area contributed by atoms with Crippen molar-refractivity contribution in [2.45, 2.75) is 32.7 Å². The maximum Gasteiger partial charge on any atom is 0.322 e. The van der Waals surface area contributed by atoms with Crippen molar-refractivity contribution in [3.05, 3.63) is 29.3 Å². The standard InChI is InChI=1S/C18H25N5O/c1-11-4-5-14(8-16(11)17(19)21-10-20-3)22-18(24)23-9-13-7-15(23)6-12(13)2/h4-5,8,10,12-13,15H,6-7,9H2,1-3H3,(H,22,24)(H2,19,20,21)/t12?,13-,15?/m0/s1. The smallest absolute Gasteiger partial charge is 0.322 e. The number of aliphatic imine (C=N–C) groups is 2. The summed E-state index contributed by atoms with van der Waals surface area (Å²) in [7, 11) is 1.64. The SMILES string of the molecule is CN=CN=C(N)c1cc(NC(=O)N2C[C@@H]3CC2CC3C)ccc1C. The Hall–Kier alpha value is -2.37. The molecule has 0 radical (unpaired) electrons. The van der Waals surface area contributed by atoms with Gasteiger partial charge in [0.25, 0.3) is 0 Å². The Morgan fingerprint density at radius 1 is 1.42 bits per heavy atom. The van der Waals surface area contributed by atoms with Crippen LogP contribution in [0.3, 0.4) is 0 Å². The van der Waals surface area contributed by atoms with E-state index in [-0.39, 0.29) is 6.03 Å². The van der Waals surface area contributed by atoms with Crippen LogP contribution >= 0.6 is 0 Å². The highest BCUT2D eigenvalue weighted by molar-refractivity contribution is 6.03. The van der Waals surface area contributed by atoms with Gasteiger partial charge in [-0.25, -0.2) is 9.79 Å². The number of urea groups is 1. The van der Waals surface area contributed by atoms with Crippen LogP contribution in [0.25, 0.3) is 0 Å². The first-order valence-corrected chi connectivity index (χ1v) is 8.42. The van der Waals surface area contributed by atoms with E-state index >= 15 is 0 Å². The van der Waals surface area contributed by atoms with E-state index in [9.17, 15) is 4.79 Å². The molecule has 2 unspecified atom stereocenters. The Morgan fingerprint density at radius 3 is 2.83 bits per heavy atom. The molecule has 3 rings (SSSR count). The predicted octanol–water partition coefficient (Wildman–Crippen LogP) is 2.62. The van der Waals surface area contributed by atoms with E-state index in [0.29, 0.717) is 17.8 Å². The second kappa shape index (κ2) is 6.63. The number of aryl methyl sites for hydroxylation is 1. The Balaban J connectivity index is 1.73. The number of benzene rings is 1. The largest absolute Gasteiger partial charge is 0.383 e. The van der Waals surface area contributed by atoms with Gasteiger partial charge in [-0.3, -0.25) is 4.99 Å². The number of nitrogens with one attached hydrogen (secondary N) is 1. The summed E-state index contributed by atoms with van der Waals surface area (Å²) in [5.41, 5.74) is 8.56. The monoisotopic (exact) mass is 327 g/mol. The lowest BCUT2D eigenvalue weighted by atomic mass is 9.97. The summed E-state index contributed by atoms with van der Waals surface area (Å²) >= 11 is 0. The predicted molar refractivity (Wildman–Crippen MR) is 97.7 cm³/mol. The molecule has 2 aliphatic rings. The van der Waals surface area contributed by atoms with Crippen LogP contribution < -0.4 is 11.1 Å². The molecular formula is C18H25N5O. The molecule has 1 aromatic rings. The Labute approximate surface area is 142 Å². The number of nitrogens with zero attached hydrogens (tertiary/aromatic N) is 3. The highest BCUT2D eigenvalue weighted by atomic mass is 16.2. The molecule has 3 atom stereocenters. The number of piperidine rings is 1. The summed E-state index contributed by atoms with van der Waals surface area (Å²) in [5, 5.41) is 3.00. The van der Waals surface area contributed by atoms with Crippen molar-refractivity contribution in [3.8, 4) is 0 Å². The van der Waals surface area contributed by atoms with Crippen LogP contribution in [0.5, 0.6) is 0 Å². The fourth-order valence-corrected chi connectivity index (χ4v) is 3.82. The zero-order valence-corrected chi connectivity index (χ0v) is 14.5. The van der Waals surface area contributed by atoms with Gasteiger partial charge in [0.05, 0.1) is 0 Å². The number of hydrogen-bond acceptors (Lipinski definition) is 2. The van der Waals surface area contributed by atoms with Gasteiger partial charge in [-0.15, -0.1) is 0 Å². The molecule has 6 heteroatoms. The van der Waals surface area contributed by atoms with Gasteiger partial charge >= 0.3 is 6.03 Å². The van der Waals surface area contributed by atoms with Crippen LogP contribution in [-0.4, -0.2) is 42.7 Å². The van der Waals surface area contributed by atoms with Crippen LogP contribution in [-0.2, 0) is 0 Å². The second-order valence-electron chi connectivity index (χ2n) is 6.86. The lowest BCUT2D eigenvalue weighted by Crippen LogP contribution is -2.42. The molecule has 0 spiro atoms. The molecule has 128 valence electrons. The van der Waals surface area contributed by atoms with E-state index in [2.05, 4.69) is 22.2 Å². The zero-order chi connectivity index (χ0) is 17.3. The first-order chi connectivity index (χ1) is 11.5. The maximum absolute atomic E-state index is 12.6. The molecule has 2 bridgehead atoms. The average Bonchev–Trinajstić information content (AvgIpc) is 3.13. The maximum atomic E-state index is 12.6. The third-order valence-corrected chi connectivity index (χ3v) is 5.23. The first kappa shape index (κ1) is 16.5. The van der Waals surface area contributed by atoms with Crippen LogP contribution in [0, 0.1) is 18.8 Å². The molecule has 1 aliphatic heterocycles. The molecular weight excluding hydrogens is 302 g/mol. The van der Waals surface area contributed by atoms with E-state index in [4.69, 9.17) is 5.73 Å². The van der Waals surface area contributed by atoms with Crippen molar-refractivity contribution in [3.63, 3.8) is 0 Å². The third kappa shape index (κ3) is 3.13. The molecule has 24 heavy (non-hydrogen) atoms. The minimum absolute atomic E-state index is 0.0187. The number of likely N-dealkylation sites (tertiary alicyclic amines) is 1. The average molecular weight is 327 g/mol. The quantitative estimate of drug-likeness (QED) is 0.661. The molecule has 1 saturated carbocycles. The van der Waals surface area contributed by atoms with Crippen LogP contribution in [0.15, 0.2) is 28.2 Å². The fourth-order valence-electron chi connectivity index (χ4n) is 3.82. The molecule has 6 nitrogen and oxygen atoms in total. The summed E-state index contributed by atoms with van der Waals surface area (Å²) in [6.45, 7) is 5.12. The van der Waals surface area contributed by atoms with Crippen molar-refractivity contribution < 1.29 is 4.79 Å². The van der Waals surface area contributed by atoms with E-state index in [1.165, 1.54) is 6.34 Å². The molecule has 2 fully saturated rings. The lowest BCUT2D eigenvalue weighted by Gasteiger charge is -2.30. The molecule has 1 heterocycles. The molecule has 2 amide bonds. The number of amides is 2. The molecule has 1 aliphatic carbocycles. The van der Waals surface area contributed by atoms with Gasteiger partial charge in [0, 0.05) is 30.9 Å². The number of fused-ring (bicyclic) bond motifs is 2. The number of anilines is 1. The van der Waals surface area contributed by atoms with E-state index < -0.39 is 0 Å². The van der Waals surface area contributed by atoms with Gasteiger partial charge in [0.15, 0.2) is 0 Å². The first-order valence-electron chi connectivity index (χ1n) is 8.42. The molecule has 3 N–H and O–H groups in total. The highest BCUT2D eigenvalue weighted by Gasteiger charge is 2.44. The van der Waals surface area contributed by atoms with Crippen molar-refractivity contribution in [2.75, 3.05) is 18.9 Å². The normalized spacial score (nSPS) is 26.4. The number of hydrogen-bond donors (Lipinski definition) is 2. The Kier molecular flexibility index (Phi) is 4.55. The Bertz CT molecular complexity index is 695. The van der Waals surface area contributed by atoms with Crippen molar-refractivity contribution in [1.82, 2.24) is 4.90 Å². The van der Waals surface area contributed by atoms with Crippen LogP contribution in [0.2, 0.25) is 0 Å². The summed E-state index contributed by atoms with van der Waals surface area (Å²) in [6, 6.07) is 6.08. The van der Waals surface area contributed by atoms with Gasteiger partial charge in [0.1, 0.15) is 12.2 Å².